The van der Waals surface area contributed by atoms with Gasteiger partial charge in [-0.3, -0.25) is 9.58 Å². The summed E-state index contributed by atoms with van der Waals surface area (Å²) in [4.78, 5) is 4.34. The average molecular weight is 359 g/mol. The Labute approximate surface area is 142 Å². The third kappa shape index (κ3) is 4.17. The van der Waals surface area contributed by atoms with E-state index in [1.807, 2.05) is 12.1 Å². The van der Waals surface area contributed by atoms with E-state index in [0.29, 0.717) is 5.69 Å². The van der Waals surface area contributed by atoms with E-state index < -0.39 is 11.9 Å². The van der Waals surface area contributed by atoms with Crippen LogP contribution in [0.25, 0.3) is 10.6 Å². The molecule has 2 aromatic heterocycles. The summed E-state index contributed by atoms with van der Waals surface area (Å²) in [6.07, 6.45) is -2.41. The lowest BCUT2D eigenvalue weighted by Gasteiger charge is -2.26. The summed E-state index contributed by atoms with van der Waals surface area (Å²) in [6, 6.07) is 4.96. The molecule has 0 saturated carbocycles. The van der Waals surface area contributed by atoms with Gasteiger partial charge in [0.05, 0.1) is 18.1 Å². The van der Waals surface area contributed by atoms with Crippen LogP contribution in [0.2, 0.25) is 0 Å². The second-order valence-corrected chi connectivity index (χ2v) is 7.03. The Morgan fingerprint density at radius 3 is 2.67 bits per heavy atom. The van der Waals surface area contributed by atoms with Crippen LogP contribution in [-0.2, 0) is 24.4 Å². The summed E-state index contributed by atoms with van der Waals surface area (Å²) in [5.41, 5.74) is -0.339. The van der Waals surface area contributed by atoms with Crippen molar-refractivity contribution in [2.45, 2.75) is 19.0 Å². The molecule has 8 heteroatoms. The van der Waals surface area contributed by atoms with Gasteiger partial charge in [-0.2, -0.15) is 18.3 Å². The lowest BCUT2D eigenvalue weighted by molar-refractivity contribution is -0.143. The van der Waals surface area contributed by atoms with Crippen molar-refractivity contribution in [2.24, 2.45) is 7.05 Å². The second-order valence-electron chi connectivity index (χ2n) is 5.86. The number of thiophene rings is 1. The number of aryl methyl sites for hydroxylation is 2. The molecule has 132 valence electrons. The fourth-order valence-electron chi connectivity index (χ4n) is 2.80. The summed E-state index contributed by atoms with van der Waals surface area (Å²) in [5.74, 6) is 0. The lowest BCUT2D eigenvalue weighted by Crippen LogP contribution is -2.36. The number of alkyl halides is 3. The highest BCUT2D eigenvalue weighted by atomic mass is 32.1. The van der Waals surface area contributed by atoms with Gasteiger partial charge in [0.15, 0.2) is 0 Å². The lowest BCUT2D eigenvalue weighted by atomic mass is 10.2. The van der Waals surface area contributed by atoms with Crippen molar-refractivity contribution in [2.75, 3.05) is 32.8 Å². The molecule has 2 aromatic rings. The largest absolute Gasteiger partial charge is 0.433 e. The first-order chi connectivity index (χ1) is 11.4. The molecule has 0 spiro atoms. The Hall–Kier alpha value is -1.38. The van der Waals surface area contributed by atoms with E-state index >= 15 is 0 Å². The fraction of sp³-hybridized carbons (Fsp3) is 0.562. The third-order valence-electron chi connectivity index (χ3n) is 4.09. The third-order valence-corrected chi connectivity index (χ3v) is 5.25. The number of hydrogen-bond acceptors (Lipinski definition) is 4. The van der Waals surface area contributed by atoms with Gasteiger partial charge >= 0.3 is 6.18 Å². The highest BCUT2D eigenvalue weighted by Crippen LogP contribution is 2.34. The van der Waals surface area contributed by atoms with E-state index in [4.69, 9.17) is 4.74 Å². The van der Waals surface area contributed by atoms with E-state index in [1.54, 1.807) is 0 Å². The van der Waals surface area contributed by atoms with E-state index in [9.17, 15) is 13.2 Å². The molecule has 0 radical (unpaired) electrons. The van der Waals surface area contributed by atoms with Gasteiger partial charge in [-0.05, 0) is 37.6 Å². The highest BCUT2D eigenvalue weighted by molar-refractivity contribution is 7.15. The van der Waals surface area contributed by atoms with Crippen LogP contribution in [0.15, 0.2) is 18.2 Å². The van der Waals surface area contributed by atoms with Crippen molar-refractivity contribution < 1.29 is 17.9 Å². The molecule has 1 saturated heterocycles. The molecule has 3 rings (SSSR count). The minimum atomic E-state index is -4.38. The zero-order valence-electron chi connectivity index (χ0n) is 13.5. The number of halogens is 3. The first-order valence-electron chi connectivity index (χ1n) is 7.94. The monoisotopic (exact) mass is 359 g/mol. The number of ether oxygens (including phenoxy) is 1. The molecule has 0 unspecified atom stereocenters. The minimum absolute atomic E-state index is 0.384. The van der Waals surface area contributed by atoms with Crippen LogP contribution in [0.4, 0.5) is 13.2 Å². The normalized spacial score (nSPS) is 16.7. The van der Waals surface area contributed by atoms with Gasteiger partial charge in [-0.15, -0.1) is 11.3 Å². The van der Waals surface area contributed by atoms with Gasteiger partial charge in [0, 0.05) is 25.0 Å². The molecule has 3 heterocycles. The second kappa shape index (κ2) is 7.25. The van der Waals surface area contributed by atoms with Crippen LogP contribution < -0.4 is 0 Å². The van der Waals surface area contributed by atoms with Gasteiger partial charge < -0.3 is 4.74 Å². The van der Waals surface area contributed by atoms with E-state index in [2.05, 4.69) is 10.00 Å². The van der Waals surface area contributed by atoms with Crippen LogP contribution >= 0.6 is 11.3 Å². The Morgan fingerprint density at radius 2 is 2.00 bits per heavy atom. The molecule has 0 aromatic carbocycles. The van der Waals surface area contributed by atoms with Crippen molar-refractivity contribution in [1.82, 2.24) is 14.7 Å². The Morgan fingerprint density at radius 1 is 1.25 bits per heavy atom. The van der Waals surface area contributed by atoms with Crippen molar-refractivity contribution in [3.05, 3.63) is 28.8 Å². The van der Waals surface area contributed by atoms with Gasteiger partial charge in [-0.1, -0.05) is 0 Å². The SMILES string of the molecule is Cn1nc(-c2ccc(CCCN3CCOCC3)s2)cc1C(F)(F)F. The molecule has 24 heavy (non-hydrogen) atoms. The van der Waals surface area contributed by atoms with Crippen molar-refractivity contribution in [3.63, 3.8) is 0 Å². The maximum Gasteiger partial charge on any atom is 0.433 e. The number of morpholine rings is 1. The summed E-state index contributed by atoms with van der Waals surface area (Å²) >= 11 is 1.52. The van der Waals surface area contributed by atoms with Gasteiger partial charge in [0.2, 0.25) is 0 Å². The predicted octanol–water partition coefficient (Wildman–Crippen LogP) is 3.43. The van der Waals surface area contributed by atoms with Crippen molar-refractivity contribution in [3.8, 4) is 10.6 Å². The maximum atomic E-state index is 12.9. The standard InChI is InChI=1S/C16H20F3N3OS/c1-21-15(16(17,18)19)11-13(20-21)14-5-4-12(24-14)3-2-6-22-7-9-23-10-8-22/h4-5,11H,2-3,6-10H2,1H3. The molecule has 1 aliphatic rings. The summed E-state index contributed by atoms with van der Waals surface area (Å²) in [5, 5.41) is 4.00. The topological polar surface area (TPSA) is 30.3 Å². The molecular weight excluding hydrogens is 339 g/mol. The van der Waals surface area contributed by atoms with Crippen LogP contribution in [-0.4, -0.2) is 47.5 Å². The highest BCUT2D eigenvalue weighted by Gasteiger charge is 2.35. The van der Waals surface area contributed by atoms with Crippen LogP contribution in [0.1, 0.15) is 17.0 Å². The first kappa shape index (κ1) is 17.4. The molecule has 0 aliphatic carbocycles. The predicted molar refractivity (Wildman–Crippen MR) is 87.1 cm³/mol. The van der Waals surface area contributed by atoms with Gasteiger partial charge in [-0.25, -0.2) is 0 Å². The van der Waals surface area contributed by atoms with Crippen LogP contribution in [0.5, 0.6) is 0 Å². The Balaban J connectivity index is 1.59. The quantitative estimate of drug-likeness (QED) is 0.819. The van der Waals surface area contributed by atoms with Crippen LogP contribution in [0, 0.1) is 0 Å². The Bertz CT molecular complexity index is 674. The number of rotatable bonds is 5. The molecular formula is C16H20F3N3OS. The molecule has 4 nitrogen and oxygen atoms in total. The van der Waals surface area contributed by atoms with Crippen molar-refractivity contribution in [1.29, 1.82) is 0 Å². The summed E-state index contributed by atoms with van der Waals surface area (Å²) < 4.78 is 44.8. The zero-order valence-corrected chi connectivity index (χ0v) is 14.3. The van der Waals surface area contributed by atoms with E-state index in [-0.39, 0.29) is 0 Å². The number of aromatic nitrogens is 2. The number of hydrogen-bond donors (Lipinski definition) is 0. The molecule has 1 fully saturated rings. The van der Waals surface area contributed by atoms with Crippen LogP contribution in [0.3, 0.4) is 0 Å². The molecule has 0 amide bonds. The summed E-state index contributed by atoms with van der Waals surface area (Å²) in [7, 11) is 1.32. The smallest absolute Gasteiger partial charge is 0.379 e. The molecule has 0 atom stereocenters. The molecule has 0 bridgehead atoms. The van der Waals surface area contributed by atoms with Gasteiger partial charge in [0.25, 0.3) is 0 Å². The number of nitrogens with zero attached hydrogens (tertiary/aromatic N) is 3. The van der Waals surface area contributed by atoms with Gasteiger partial charge in [0.1, 0.15) is 11.4 Å². The zero-order chi connectivity index (χ0) is 17.2. The Kier molecular flexibility index (Phi) is 5.27. The first-order valence-corrected chi connectivity index (χ1v) is 8.75. The van der Waals surface area contributed by atoms with E-state index in [1.165, 1.54) is 23.3 Å². The fourth-order valence-corrected chi connectivity index (χ4v) is 3.81. The summed E-state index contributed by atoms with van der Waals surface area (Å²) in [6.45, 7) is 4.57. The minimum Gasteiger partial charge on any atom is -0.379 e. The average Bonchev–Trinajstić information content (AvgIpc) is 3.14. The molecule has 0 N–H and O–H groups in total. The maximum absolute atomic E-state index is 12.9. The molecule has 1 aliphatic heterocycles. The van der Waals surface area contributed by atoms with Crippen molar-refractivity contribution >= 4 is 11.3 Å². The van der Waals surface area contributed by atoms with E-state index in [0.717, 1.165) is 61.3 Å².